The summed E-state index contributed by atoms with van der Waals surface area (Å²) in [4.78, 5) is 0. The maximum atomic E-state index is 10.9. The van der Waals surface area contributed by atoms with Gasteiger partial charge in [-0.1, -0.05) is 74.7 Å². The van der Waals surface area contributed by atoms with Crippen LogP contribution in [-0.4, -0.2) is 37.8 Å². The summed E-state index contributed by atoms with van der Waals surface area (Å²) in [7, 11) is -1.82. The molecule has 9 atom stereocenters. The number of fused-ring (bicyclic) bond motifs is 1. The molecule has 3 rings (SSSR count). The van der Waals surface area contributed by atoms with E-state index in [1.54, 1.807) is 0 Å². The van der Waals surface area contributed by atoms with Crippen LogP contribution in [0.2, 0.25) is 18.1 Å². The van der Waals surface area contributed by atoms with Crippen molar-refractivity contribution >= 4 is 8.32 Å². The molecular formula is C33H64O3Si. The third-order valence-corrected chi connectivity index (χ3v) is 17.2. The second-order valence-electron chi connectivity index (χ2n) is 16.2. The zero-order valence-electron chi connectivity index (χ0n) is 26.4. The molecule has 0 spiro atoms. The van der Waals surface area contributed by atoms with Crippen molar-refractivity contribution in [1.29, 1.82) is 0 Å². The van der Waals surface area contributed by atoms with Crippen molar-refractivity contribution in [3.05, 3.63) is 0 Å². The van der Waals surface area contributed by atoms with Gasteiger partial charge in [-0.25, -0.2) is 0 Å². The molecule has 3 aliphatic carbocycles. The van der Waals surface area contributed by atoms with Gasteiger partial charge in [0, 0.05) is 19.3 Å². The van der Waals surface area contributed by atoms with E-state index in [2.05, 4.69) is 68.5 Å². The normalized spacial score (nSPS) is 40.1. The van der Waals surface area contributed by atoms with Crippen LogP contribution in [0.15, 0.2) is 0 Å². The minimum atomic E-state index is -1.82. The summed E-state index contributed by atoms with van der Waals surface area (Å²) in [5.41, 5.74) is 0.465. The first-order chi connectivity index (χ1) is 17.1. The van der Waals surface area contributed by atoms with Crippen LogP contribution in [0.25, 0.3) is 0 Å². The molecule has 0 aromatic heterocycles. The lowest BCUT2D eigenvalue weighted by Crippen LogP contribution is -2.54. The second-order valence-corrected chi connectivity index (χ2v) is 21.0. The molecule has 2 N–H and O–H groups in total. The summed E-state index contributed by atoms with van der Waals surface area (Å²) in [6.45, 7) is 24.5. The summed E-state index contributed by atoms with van der Waals surface area (Å²) < 4.78 is 6.86. The third-order valence-electron chi connectivity index (χ3n) is 12.7. The predicted octanol–water partition coefficient (Wildman–Crippen LogP) is 8.69. The average Bonchev–Trinajstić information content (AvgIpc) is 3.15. The van der Waals surface area contributed by atoms with Crippen molar-refractivity contribution in [2.24, 2.45) is 52.3 Å². The third kappa shape index (κ3) is 6.38. The van der Waals surface area contributed by atoms with E-state index in [1.165, 1.54) is 44.9 Å². The Bertz CT molecular complexity index is 730. The second kappa shape index (κ2) is 11.9. The van der Waals surface area contributed by atoms with Crippen molar-refractivity contribution in [2.45, 2.75) is 144 Å². The highest BCUT2D eigenvalue weighted by Crippen LogP contribution is 2.65. The Morgan fingerprint density at radius 2 is 1.49 bits per heavy atom. The van der Waals surface area contributed by atoms with Gasteiger partial charge in [-0.2, -0.15) is 0 Å². The monoisotopic (exact) mass is 536 g/mol. The van der Waals surface area contributed by atoms with Crippen molar-refractivity contribution < 1.29 is 14.6 Å². The molecule has 3 aliphatic rings. The first-order valence-electron chi connectivity index (χ1n) is 16.0. The first kappa shape index (κ1) is 31.6. The van der Waals surface area contributed by atoms with Gasteiger partial charge < -0.3 is 14.6 Å². The van der Waals surface area contributed by atoms with Gasteiger partial charge in [0.15, 0.2) is 8.32 Å². The van der Waals surface area contributed by atoms with Crippen molar-refractivity contribution in [3.8, 4) is 0 Å². The fourth-order valence-electron chi connectivity index (χ4n) is 9.24. The Labute approximate surface area is 232 Å². The van der Waals surface area contributed by atoms with E-state index in [0.717, 1.165) is 37.0 Å². The fraction of sp³-hybridized carbons (Fsp3) is 1.00. The van der Waals surface area contributed by atoms with E-state index in [9.17, 15) is 10.2 Å². The predicted molar refractivity (Wildman–Crippen MR) is 160 cm³/mol. The zero-order chi connectivity index (χ0) is 27.8. The van der Waals surface area contributed by atoms with Gasteiger partial charge >= 0.3 is 0 Å². The molecule has 0 bridgehead atoms. The lowest BCUT2D eigenvalue weighted by Gasteiger charge is -2.58. The number of aliphatic hydroxyl groups is 2. The van der Waals surface area contributed by atoms with E-state index in [1.807, 2.05) is 0 Å². The fourth-order valence-corrected chi connectivity index (χ4v) is 10.6. The molecule has 1 unspecified atom stereocenters. The van der Waals surface area contributed by atoms with Gasteiger partial charge in [-0.05, 0) is 115 Å². The maximum Gasteiger partial charge on any atom is 0.192 e. The standard InChI is InChI=1S/C33H64O3Si/c1-23(2)12-11-13-24(3)28-14-15-29-27(22-35)30(17-19-33(28,29)8)32(7)18-16-26(20-25(32)21-34)36-37(9,10)31(4,5)6/h23-30,34-35H,11-22H2,1-10H3/t24?,25-,26+,27+,28-,29+,30+,32+,33-/m1/s1. The largest absolute Gasteiger partial charge is 0.414 e. The van der Waals surface area contributed by atoms with Gasteiger partial charge in [0.2, 0.25) is 0 Å². The van der Waals surface area contributed by atoms with Gasteiger partial charge in [0.05, 0.1) is 0 Å². The number of aliphatic hydroxyl groups excluding tert-OH is 2. The molecular weight excluding hydrogens is 472 g/mol. The average molecular weight is 537 g/mol. The van der Waals surface area contributed by atoms with Gasteiger partial charge in [0.25, 0.3) is 0 Å². The van der Waals surface area contributed by atoms with Gasteiger partial charge in [-0.3, -0.25) is 0 Å². The molecule has 37 heavy (non-hydrogen) atoms. The molecule has 3 fully saturated rings. The van der Waals surface area contributed by atoms with E-state index in [4.69, 9.17) is 4.43 Å². The summed E-state index contributed by atoms with van der Waals surface area (Å²) in [5, 5.41) is 21.7. The Balaban J connectivity index is 1.73. The summed E-state index contributed by atoms with van der Waals surface area (Å²) in [5.74, 6) is 4.18. The van der Waals surface area contributed by atoms with Crippen molar-refractivity contribution in [1.82, 2.24) is 0 Å². The van der Waals surface area contributed by atoms with E-state index in [0.29, 0.717) is 29.8 Å². The number of rotatable bonds is 10. The minimum absolute atomic E-state index is 0.0950. The van der Waals surface area contributed by atoms with Gasteiger partial charge in [0.1, 0.15) is 0 Å². The highest BCUT2D eigenvalue weighted by atomic mass is 28.4. The van der Waals surface area contributed by atoms with Crippen LogP contribution in [0.3, 0.4) is 0 Å². The topological polar surface area (TPSA) is 49.7 Å². The van der Waals surface area contributed by atoms with Crippen LogP contribution in [-0.2, 0) is 4.43 Å². The lowest BCUT2D eigenvalue weighted by molar-refractivity contribution is -0.116. The van der Waals surface area contributed by atoms with E-state index in [-0.39, 0.29) is 29.1 Å². The molecule has 4 heteroatoms. The first-order valence-corrected chi connectivity index (χ1v) is 18.9. The minimum Gasteiger partial charge on any atom is -0.414 e. The highest BCUT2D eigenvalue weighted by Gasteiger charge is 2.59. The molecule has 0 amide bonds. The molecule has 0 aromatic carbocycles. The van der Waals surface area contributed by atoms with E-state index >= 15 is 0 Å². The molecule has 0 saturated heterocycles. The number of hydrogen-bond donors (Lipinski definition) is 2. The maximum absolute atomic E-state index is 10.9. The van der Waals surface area contributed by atoms with Crippen molar-refractivity contribution in [2.75, 3.05) is 13.2 Å². The van der Waals surface area contributed by atoms with Crippen LogP contribution in [0.1, 0.15) is 120 Å². The van der Waals surface area contributed by atoms with Crippen molar-refractivity contribution in [3.63, 3.8) is 0 Å². The summed E-state index contributed by atoms with van der Waals surface area (Å²) in [6.07, 6.45) is 12.7. The quantitative estimate of drug-likeness (QED) is 0.275. The molecule has 0 aliphatic heterocycles. The number of hydrogen-bond acceptors (Lipinski definition) is 3. The van der Waals surface area contributed by atoms with Crippen LogP contribution in [0.4, 0.5) is 0 Å². The van der Waals surface area contributed by atoms with Crippen LogP contribution >= 0.6 is 0 Å². The summed E-state index contributed by atoms with van der Waals surface area (Å²) >= 11 is 0. The SMILES string of the molecule is CC(C)CCCC(C)[C@H]1CC[C@H]2[C@H](CO)[C@@H]([C@@]3(C)CC[C@H](O[Si](C)(C)C(C)(C)C)C[C@@H]3CO)CC[C@]12C. The van der Waals surface area contributed by atoms with Crippen LogP contribution < -0.4 is 0 Å². The Kier molecular flexibility index (Phi) is 10.2. The van der Waals surface area contributed by atoms with E-state index < -0.39 is 8.32 Å². The molecule has 0 heterocycles. The Hall–Kier alpha value is 0.0969. The molecule has 3 nitrogen and oxygen atoms in total. The van der Waals surface area contributed by atoms with Gasteiger partial charge in [-0.15, -0.1) is 0 Å². The highest BCUT2D eigenvalue weighted by molar-refractivity contribution is 6.74. The molecule has 218 valence electrons. The van der Waals surface area contributed by atoms with Crippen LogP contribution in [0, 0.1) is 52.3 Å². The Morgan fingerprint density at radius 1 is 0.865 bits per heavy atom. The smallest absolute Gasteiger partial charge is 0.192 e. The lowest BCUT2D eigenvalue weighted by atomic mass is 9.48. The summed E-state index contributed by atoms with van der Waals surface area (Å²) in [6, 6.07) is 0. The molecule has 0 aromatic rings. The van der Waals surface area contributed by atoms with Crippen LogP contribution in [0.5, 0.6) is 0 Å². The molecule has 3 saturated carbocycles. The Morgan fingerprint density at radius 3 is 2.05 bits per heavy atom. The zero-order valence-corrected chi connectivity index (χ0v) is 27.4. The molecule has 0 radical (unpaired) electrons.